The summed E-state index contributed by atoms with van der Waals surface area (Å²) in [7, 11) is 0. The minimum Gasteiger partial charge on any atom is -0.465 e. The zero-order valence-corrected chi connectivity index (χ0v) is 14.8. The van der Waals surface area contributed by atoms with Crippen LogP contribution in [0.1, 0.15) is 32.8 Å². The first-order chi connectivity index (χ1) is 11.4. The van der Waals surface area contributed by atoms with Crippen molar-refractivity contribution in [2.24, 2.45) is 5.92 Å². The first-order valence-electron chi connectivity index (χ1n) is 7.78. The molecular formula is C17H22ClNO5. The van der Waals surface area contributed by atoms with Gasteiger partial charge >= 0.3 is 11.9 Å². The van der Waals surface area contributed by atoms with E-state index in [1.807, 2.05) is 0 Å². The number of hydrogen-bond acceptors (Lipinski definition) is 5. The van der Waals surface area contributed by atoms with Gasteiger partial charge in [0, 0.05) is 6.92 Å². The van der Waals surface area contributed by atoms with Crippen LogP contribution >= 0.6 is 11.6 Å². The van der Waals surface area contributed by atoms with Crippen molar-refractivity contribution in [3.8, 4) is 0 Å². The van der Waals surface area contributed by atoms with E-state index < -0.39 is 17.9 Å². The SMILES string of the molecule is CCOC(=O)C(CCc1ccc(NC(C)=O)c(Cl)c1)C(=O)OCC. The minimum atomic E-state index is -0.960. The van der Waals surface area contributed by atoms with E-state index >= 15 is 0 Å². The number of hydrogen-bond donors (Lipinski definition) is 1. The van der Waals surface area contributed by atoms with Crippen LogP contribution in [0.15, 0.2) is 18.2 Å². The highest BCUT2D eigenvalue weighted by Gasteiger charge is 2.29. The molecule has 132 valence electrons. The molecule has 6 nitrogen and oxygen atoms in total. The van der Waals surface area contributed by atoms with Crippen LogP contribution in [0.4, 0.5) is 5.69 Å². The highest BCUT2D eigenvalue weighted by atomic mass is 35.5. The van der Waals surface area contributed by atoms with Gasteiger partial charge < -0.3 is 14.8 Å². The highest BCUT2D eigenvalue weighted by Crippen LogP contribution is 2.24. The van der Waals surface area contributed by atoms with Gasteiger partial charge in [0.2, 0.25) is 5.91 Å². The summed E-state index contributed by atoms with van der Waals surface area (Å²) < 4.78 is 9.87. The Labute approximate surface area is 146 Å². The predicted octanol–water partition coefficient (Wildman–Crippen LogP) is 2.97. The summed E-state index contributed by atoms with van der Waals surface area (Å²) in [5.74, 6) is -2.35. The Bertz CT molecular complexity index is 585. The fourth-order valence-corrected chi connectivity index (χ4v) is 2.38. The number of carbonyl (C=O) groups is 3. The lowest BCUT2D eigenvalue weighted by atomic mass is 9.99. The number of esters is 2. The van der Waals surface area contributed by atoms with Crippen LogP contribution in [0.3, 0.4) is 0 Å². The summed E-state index contributed by atoms with van der Waals surface area (Å²) in [5, 5.41) is 3.01. The van der Waals surface area contributed by atoms with Gasteiger partial charge in [-0.05, 0) is 44.4 Å². The third-order valence-corrected chi connectivity index (χ3v) is 3.52. The third-order valence-electron chi connectivity index (χ3n) is 3.21. The molecule has 0 radical (unpaired) electrons. The molecule has 1 aromatic rings. The molecule has 7 heteroatoms. The van der Waals surface area contributed by atoms with Gasteiger partial charge in [-0.1, -0.05) is 17.7 Å². The maximum Gasteiger partial charge on any atom is 0.320 e. The Balaban J connectivity index is 2.78. The highest BCUT2D eigenvalue weighted by molar-refractivity contribution is 6.33. The van der Waals surface area contributed by atoms with Crippen molar-refractivity contribution in [1.29, 1.82) is 0 Å². The molecule has 0 spiro atoms. The first-order valence-corrected chi connectivity index (χ1v) is 8.16. The molecule has 0 aromatic heterocycles. The standard InChI is InChI=1S/C17H22ClNO5/c1-4-23-16(21)13(17(22)24-5-2)8-6-12-7-9-15(14(18)10-12)19-11(3)20/h7,9-10,13H,4-6,8H2,1-3H3,(H,19,20). The number of amides is 1. The Morgan fingerprint density at radius 3 is 2.17 bits per heavy atom. The van der Waals surface area contributed by atoms with E-state index in [4.69, 9.17) is 21.1 Å². The molecular weight excluding hydrogens is 334 g/mol. The Kier molecular flexibility index (Phi) is 8.26. The van der Waals surface area contributed by atoms with Gasteiger partial charge in [0.25, 0.3) is 0 Å². The molecule has 1 amide bonds. The Morgan fingerprint density at radius 1 is 1.12 bits per heavy atom. The normalized spacial score (nSPS) is 10.4. The molecule has 0 aliphatic heterocycles. The topological polar surface area (TPSA) is 81.7 Å². The second-order valence-corrected chi connectivity index (χ2v) is 5.50. The van der Waals surface area contributed by atoms with Crippen LogP contribution in [0.25, 0.3) is 0 Å². The minimum absolute atomic E-state index is 0.200. The number of halogens is 1. The monoisotopic (exact) mass is 355 g/mol. The van der Waals surface area contributed by atoms with E-state index in [0.717, 1.165) is 5.56 Å². The molecule has 0 heterocycles. The molecule has 0 saturated heterocycles. The predicted molar refractivity (Wildman–Crippen MR) is 90.8 cm³/mol. The molecule has 0 aliphatic carbocycles. The third kappa shape index (κ3) is 6.20. The average Bonchev–Trinajstić information content (AvgIpc) is 2.50. The number of ether oxygens (including phenoxy) is 2. The van der Waals surface area contributed by atoms with Crippen LogP contribution in [0, 0.1) is 5.92 Å². The number of anilines is 1. The van der Waals surface area contributed by atoms with E-state index in [1.54, 1.807) is 32.0 Å². The van der Waals surface area contributed by atoms with Crippen molar-refractivity contribution in [2.45, 2.75) is 33.6 Å². The van der Waals surface area contributed by atoms with Gasteiger partial charge in [-0.15, -0.1) is 0 Å². The molecule has 24 heavy (non-hydrogen) atoms. The number of benzene rings is 1. The van der Waals surface area contributed by atoms with Crippen LogP contribution in [-0.4, -0.2) is 31.1 Å². The largest absolute Gasteiger partial charge is 0.465 e. The molecule has 1 aromatic carbocycles. The van der Waals surface area contributed by atoms with Crippen molar-refractivity contribution in [3.05, 3.63) is 28.8 Å². The molecule has 0 saturated carbocycles. The smallest absolute Gasteiger partial charge is 0.320 e. The number of aryl methyl sites for hydroxylation is 1. The zero-order valence-electron chi connectivity index (χ0n) is 14.1. The summed E-state index contributed by atoms with van der Waals surface area (Å²) in [5.41, 5.74) is 1.35. The Morgan fingerprint density at radius 2 is 1.71 bits per heavy atom. The van der Waals surface area contributed by atoms with Crippen molar-refractivity contribution >= 4 is 35.1 Å². The van der Waals surface area contributed by atoms with E-state index in [-0.39, 0.29) is 25.5 Å². The molecule has 0 atom stereocenters. The lowest BCUT2D eigenvalue weighted by molar-refractivity contribution is -0.161. The van der Waals surface area contributed by atoms with Gasteiger partial charge in [0.15, 0.2) is 5.92 Å². The van der Waals surface area contributed by atoms with Crippen molar-refractivity contribution in [3.63, 3.8) is 0 Å². The molecule has 0 fully saturated rings. The van der Waals surface area contributed by atoms with Crippen LogP contribution < -0.4 is 5.32 Å². The van der Waals surface area contributed by atoms with Crippen molar-refractivity contribution < 1.29 is 23.9 Å². The maximum absolute atomic E-state index is 11.9. The molecule has 1 rings (SSSR count). The van der Waals surface area contributed by atoms with Gasteiger partial charge in [-0.2, -0.15) is 0 Å². The first kappa shape index (κ1) is 20.0. The number of nitrogens with one attached hydrogen (secondary N) is 1. The summed E-state index contributed by atoms with van der Waals surface area (Å²) in [6.45, 7) is 5.16. The van der Waals surface area contributed by atoms with Crippen LogP contribution in [0.5, 0.6) is 0 Å². The molecule has 0 bridgehead atoms. The van der Waals surface area contributed by atoms with Crippen molar-refractivity contribution in [1.82, 2.24) is 0 Å². The summed E-state index contributed by atoms with van der Waals surface area (Å²) in [6, 6.07) is 5.16. The zero-order chi connectivity index (χ0) is 18.1. The summed E-state index contributed by atoms with van der Waals surface area (Å²) in [6.07, 6.45) is 0.704. The summed E-state index contributed by atoms with van der Waals surface area (Å²) >= 11 is 6.12. The van der Waals surface area contributed by atoms with Gasteiger partial charge in [-0.3, -0.25) is 14.4 Å². The van der Waals surface area contributed by atoms with Gasteiger partial charge in [0.1, 0.15) is 0 Å². The van der Waals surface area contributed by atoms with E-state index in [9.17, 15) is 14.4 Å². The molecule has 1 N–H and O–H groups in total. The van der Waals surface area contributed by atoms with Crippen LogP contribution in [0.2, 0.25) is 5.02 Å². The summed E-state index contributed by atoms with van der Waals surface area (Å²) in [4.78, 5) is 34.9. The second-order valence-electron chi connectivity index (χ2n) is 5.09. The number of rotatable bonds is 8. The van der Waals surface area contributed by atoms with Crippen molar-refractivity contribution in [2.75, 3.05) is 18.5 Å². The van der Waals surface area contributed by atoms with Crippen LogP contribution in [-0.2, 0) is 30.3 Å². The van der Waals surface area contributed by atoms with E-state index in [0.29, 0.717) is 17.1 Å². The molecule has 0 aliphatic rings. The van der Waals surface area contributed by atoms with E-state index in [1.165, 1.54) is 6.92 Å². The van der Waals surface area contributed by atoms with E-state index in [2.05, 4.69) is 5.32 Å². The lowest BCUT2D eigenvalue weighted by Gasteiger charge is -2.14. The second kappa shape index (κ2) is 9.93. The quantitative estimate of drug-likeness (QED) is 0.572. The van der Waals surface area contributed by atoms with Gasteiger partial charge in [0.05, 0.1) is 23.9 Å². The molecule has 0 unspecified atom stereocenters. The number of carbonyl (C=O) groups excluding carboxylic acids is 3. The average molecular weight is 356 g/mol. The Hall–Kier alpha value is -2.08. The maximum atomic E-state index is 11.9. The van der Waals surface area contributed by atoms with Gasteiger partial charge in [-0.25, -0.2) is 0 Å². The fraction of sp³-hybridized carbons (Fsp3) is 0.471. The fourth-order valence-electron chi connectivity index (χ4n) is 2.13. The lowest BCUT2D eigenvalue weighted by Crippen LogP contribution is -2.28.